The van der Waals surface area contributed by atoms with Crippen molar-refractivity contribution in [3.05, 3.63) is 89.0 Å². The summed E-state index contributed by atoms with van der Waals surface area (Å²) < 4.78 is 11.6. The third kappa shape index (κ3) is 5.44. The fourth-order valence-corrected chi connectivity index (χ4v) is 3.58. The summed E-state index contributed by atoms with van der Waals surface area (Å²) in [6, 6.07) is 15.7. The molecule has 1 N–H and O–H groups in total. The predicted octanol–water partition coefficient (Wildman–Crippen LogP) is 3.48. The highest BCUT2D eigenvalue weighted by molar-refractivity contribution is 5.99. The molecule has 3 heterocycles. The maximum Gasteiger partial charge on any atom is 0.343 e. The molecule has 10 heteroatoms. The molecule has 4 rings (SSSR count). The van der Waals surface area contributed by atoms with Crippen LogP contribution in [0, 0.1) is 13.8 Å². The number of hydrazone groups is 1. The van der Waals surface area contributed by atoms with E-state index in [0.29, 0.717) is 17.0 Å². The number of pyridine rings is 2. The lowest BCUT2D eigenvalue weighted by Crippen LogP contribution is -2.20. The highest BCUT2D eigenvalue weighted by Crippen LogP contribution is 2.23. The lowest BCUT2D eigenvalue weighted by Gasteiger charge is -2.15. The maximum absolute atomic E-state index is 12.8. The standard InChI is InChI=1S/C26H23N5O5/c1-16-6-7-17(2)31(16)23-13-20(9-11-22(23)26(34)36-15-35-18(3)32)25(33)30-28-14-21-10-8-19-5-4-12-27-24(19)29-21/h4-14H,15H2,1-3H3,(H,30,33)/b28-14+. The lowest BCUT2D eigenvalue weighted by molar-refractivity contribution is -0.149. The van der Waals surface area contributed by atoms with Crippen molar-refractivity contribution in [2.45, 2.75) is 20.8 Å². The number of aryl methyl sites for hydroxylation is 2. The van der Waals surface area contributed by atoms with Crippen LogP contribution >= 0.6 is 0 Å². The van der Waals surface area contributed by atoms with Gasteiger partial charge in [-0.15, -0.1) is 0 Å². The molecule has 1 aromatic carbocycles. The van der Waals surface area contributed by atoms with Crippen LogP contribution in [-0.2, 0) is 14.3 Å². The van der Waals surface area contributed by atoms with E-state index in [9.17, 15) is 14.4 Å². The summed E-state index contributed by atoms with van der Waals surface area (Å²) in [5, 5.41) is 4.90. The van der Waals surface area contributed by atoms with Crippen molar-refractivity contribution < 1.29 is 23.9 Å². The van der Waals surface area contributed by atoms with Gasteiger partial charge in [-0.25, -0.2) is 20.2 Å². The van der Waals surface area contributed by atoms with E-state index in [0.717, 1.165) is 16.8 Å². The van der Waals surface area contributed by atoms with Gasteiger partial charge < -0.3 is 14.0 Å². The van der Waals surface area contributed by atoms with E-state index >= 15 is 0 Å². The molecular weight excluding hydrogens is 462 g/mol. The minimum atomic E-state index is -0.695. The molecular formula is C26H23N5O5. The van der Waals surface area contributed by atoms with Gasteiger partial charge in [0.25, 0.3) is 5.91 Å². The SMILES string of the molecule is CC(=O)OCOC(=O)c1ccc(C(=O)N/N=C/c2ccc3cccnc3n2)cc1-n1c(C)ccc1C. The third-order valence-corrected chi connectivity index (χ3v) is 5.29. The van der Waals surface area contributed by atoms with E-state index in [-0.39, 0.29) is 11.1 Å². The van der Waals surface area contributed by atoms with Gasteiger partial charge >= 0.3 is 11.9 Å². The molecule has 0 aliphatic carbocycles. The molecule has 0 radical (unpaired) electrons. The Balaban J connectivity index is 1.57. The quantitative estimate of drug-likeness (QED) is 0.184. The van der Waals surface area contributed by atoms with Crippen LogP contribution in [0.1, 0.15) is 44.7 Å². The molecule has 0 saturated heterocycles. The molecule has 36 heavy (non-hydrogen) atoms. The molecule has 0 atom stereocenters. The number of nitrogens with zero attached hydrogens (tertiary/aromatic N) is 4. The first-order valence-corrected chi connectivity index (χ1v) is 11.0. The summed E-state index contributed by atoms with van der Waals surface area (Å²) in [5.41, 5.74) is 6.23. The summed E-state index contributed by atoms with van der Waals surface area (Å²) in [6.07, 6.45) is 3.08. The van der Waals surface area contributed by atoms with Crippen LogP contribution in [0.4, 0.5) is 0 Å². The van der Waals surface area contributed by atoms with Gasteiger partial charge in [-0.1, -0.05) is 0 Å². The van der Waals surface area contributed by atoms with E-state index in [4.69, 9.17) is 9.47 Å². The van der Waals surface area contributed by atoms with Gasteiger partial charge in [0, 0.05) is 35.5 Å². The minimum absolute atomic E-state index is 0.206. The number of ether oxygens (including phenoxy) is 2. The van der Waals surface area contributed by atoms with Gasteiger partial charge in [0.05, 0.1) is 23.2 Å². The number of rotatable bonds is 7. The van der Waals surface area contributed by atoms with Gasteiger partial charge in [0.15, 0.2) is 5.65 Å². The van der Waals surface area contributed by atoms with Crippen LogP contribution in [0.25, 0.3) is 16.7 Å². The zero-order valence-electron chi connectivity index (χ0n) is 19.9. The summed E-state index contributed by atoms with van der Waals surface area (Å²) in [5.74, 6) is -1.74. The number of fused-ring (bicyclic) bond motifs is 1. The zero-order valence-corrected chi connectivity index (χ0v) is 19.9. The monoisotopic (exact) mass is 485 g/mol. The van der Waals surface area contributed by atoms with Gasteiger partial charge in [0.1, 0.15) is 0 Å². The summed E-state index contributed by atoms with van der Waals surface area (Å²) in [7, 11) is 0. The second kappa shape index (κ2) is 10.6. The second-order valence-corrected chi connectivity index (χ2v) is 7.85. The van der Waals surface area contributed by atoms with Crippen LogP contribution in [0.2, 0.25) is 0 Å². The van der Waals surface area contributed by atoms with Crippen molar-refractivity contribution in [3.8, 4) is 5.69 Å². The van der Waals surface area contributed by atoms with Crippen molar-refractivity contribution in [1.82, 2.24) is 20.0 Å². The second-order valence-electron chi connectivity index (χ2n) is 7.85. The fraction of sp³-hybridized carbons (Fsp3) is 0.154. The Morgan fingerprint density at radius 3 is 2.56 bits per heavy atom. The largest absolute Gasteiger partial charge is 0.428 e. The highest BCUT2D eigenvalue weighted by Gasteiger charge is 2.19. The molecule has 3 aromatic heterocycles. The Hall–Kier alpha value is -4.86. The molecule has 4 aromatic rings. The van der Waals surface area contributed by atoms with Gasteiger partial charge in [-0.05, 0) is 68.4 Å². The highest BCUT2D eigenvalue weighted by atomic mass is 16.7. The fourth-order valence-electron chi connectivity index (χ4n) is 3.58. The molecule has 0 unspecified atom stereocenters. The van der Waals surface area contributed by atoms with Crippen molar-refractivity contribution >= 4 is 35.1 Å². The molecule has 10 nitrogen and oxygen atoms in total. The number of hydrogen-bond acceptors (Lipinski definition) is 8. The molecule has 0 bridgehead atoms. The van der Waals surface area contributed by atoms with E-state index in [1.54, 1.807) is 18.3 Å². The number of aromatic nitrogens is 3. The van der Waals surface area contributed by atoms with Crippen molar-refractivity contribution in [3.63, 3.8) is 0 Å². The van der Waals surface area contributed by atoms with Crippen LogP contribution in [-0.4, -0.2) is 45.4 Å². The third-order valence-electron chi connectivity index (χ3n) is 5.29. The summed E-state index contributed by atoms with van der Waals surface area (Å²) >= 11 is 0. The first-order chi connectivity index (χ1) is 17.3. The van der Waals surface area contributed by atoms with E-state index in [2.05, 4.69) is 20.5 Å². The molecule has 0 fully saturated rings. The zero-order chi connectivity index (χ0) is 25.7. The minimum Gasteiger partial charge on any atom is -0.428 e. The van der Waals surface area contributed by atoms with Crippen molar-refractivity contribution in [2.24, 2.45) is 5.10 Å². The van der Waals surface area contributed by atoms with Crippen molar-refractivity contribution in [1.29, 1.82) is 0 Å². The molecule has 0 spiro atoms. The molecule has 182 valence electrons. The molecule has 0 saturated carbocycles. The van der Waals surface area contributed by atoms with Gasteiger partial charge in [0.2, 0.25) is 6.79 Å². The molecule has 0 aliphatic heterocycles. The summed E-state index contributed by atoms with van der Waals surface area (Å²) in [4.78, 5) is 45.1. The topological polar surface area (TPSA) is 125 Å². The Morgan fingerprint density at radius 1 is 1.03 bits per heavy atom. The average molecular weight is 486 g/mol. The number of carbonyl (C=O) groups is 3. The summed E-state index contributed by atoms with van der Waals surface area (Å²) in [6.45, 7) is 4.47. The smallest absolute Gasteiger partial charge is 0.343 e. The number of amides is 1. The number of carbonyl (C=O) groups excluding carboxylic acids is 3. The van der Waals surface area contributed by atoms with Crippen molar-refractivity contribution in [2.75, 3.05) is 6.79 Å². The normalized spacial score (nSPS) is 11.0. The molecule has 0 aliphatic rings. The Kier molecular flexibility index (Phi) is 7.15. The number of nitrogens with one attached hydrogen (secondary N) is 1. The number of esters is 2. The van der Waals surface area contributed by atoms with E-state index in [1.807, 2.05) is 48.7 Å². The van der Waals surface area contributed by atoms with Crippen LogP contribution in [0.15, 0.2) is 65.9 Å². The number of benzene rings is 1. The van der Waals surface area contributed by atoms with Crippen LogP contribution in [0.3, 0.4) is 0 Å². The lowest BCUT2D eigenvalue weighted by atomic mass is 10.1. The Morgan fingerprint density at radius 2 is 1.81 bits per heavy atom. The van der Waals surface area contributed by atoms with Crippen LogP contribution < -0.4 is 5.43 Å². The first-order valence-electron chi connectivity index (χ1n) is 11.0. The van der Waals surface area contributed by atoms with Gasteiger partial charge in [-0.3, -0.25) is 9.59 Å². The molecule has 1 amide bonds. The van der Waals surface area contributed by atoms with E-state index in [1.165, 1.54) is 25.3 Å². The Bertz CT molecular complexity index is 1470. The maximum atomic E-state index is 12.8. The first kappa shape index (κ1) is 24.3. The van der Waals surface area contributed by atoms with Gasteiger partial charge in [-0.2, -0.15) is 5.10 Å². The van der Waals surface area contributed by atoms with Crippen LogP contribution in [0.5, 0.6) is 0 Å². The average Bonchev–Trinajstić information content (AvgIpc) is 3.20. The predicted molar refractivity (Wildman–Crippen MR) is 132 cm³/mol. The van der Waals surface area contributed by atoms with E-state index < -0.39 is 24.6 Å². The Labute approximate surface area is 206 Å². The number of hydrogen-bond donors (Lipinski definition) is 1.